The number of sulfone groups is 1. The van der Waals surface area contributed by atoms with Gasteiger partial charge in [0.25, 0.3) is 0 Å². The Morgan fingerprint density at radius 1 is 1.38 bits per heavy atom. The molecule has 0 atom stereocenters. The molecule has 0 aliphatic carbocycles. The third-order valence-electron chi connectivity index (χ3n) is 3.58. The van der Waals surface area contributed by atoms with Crippen LogP contribution in [-0.2, 0) is 19.4 Å². The molecule has 0 aromatic heterocycles. The monoisotopic (exact) mass is 312 g/mol. The number of nitrogens with one attached hydrogen (secondary N) is 1. The molecule has 0 unspecified atom stereocenters. The SMILES string of the molecule is Cc1cccc(N)c1NC(=O)CS(=O)(=O)C1CCOCC1. The number of nitrogens with two attached hydrogens (primary N) is 1. The first-order valence-corrected chi connectivity index (χ1v) is 8.56. The zero-order valence-electron chi connectivity index (χ0n) is 12.0. The van der Waals surface area contributed by atoms with E-state index in [1.54, 1.807) is 25.1 Å². The highest BCUT2D eigenvalue weighted by Crippen LogP contribution is 2.23. The maximum atomic E-state index is 12.2. The zero-order valence-corrected chi connectivity index (χ0v) is 12.8. The van der Waals surface area contributed by atoms with Gasteiger partial charge in [-0.15, -0.1) is 0 Å². The largest absolute Gasteiger partial charge is 0.397 e. The number of carbonyl (C=O) groups is 1. The standard InChI is InChI=1S/C14H20N2O4S/c1-10-3-2-4-12(15)14(10)16-13(17)9-21(18,19)11-5-7-20-8-6-11/h2-4,11H,5-9,15H2,1H3,(H,16,17). The summed E-state index contributed by atoms with van der Waals surface area (Å²) in [7, 11) is -3.46. The number of aryl methyl sites for hydroxylation is 1. The minimum absolute atomic E-state index is 0.423. The van der Waals surface area contributed by atoms with Crippen LogP contribution in [0.3, 0.4) is 0 Å². The van der Waals surface area contributed by atoms with Gasteiger partial charge in [-0.05, 0) is 31.4 Å². The molecule has 1 aliphatic heterocycles. The van der Waals surface area contributed by atoms with Gasteiger partial charge in [0, 0.05) is 13.2 Å². The molecule has 1 aromatic rings. The fourth-order valence-electron chi connectivity index (χ4n) is 2.37. The van der Waals surface area contributed by atoms with Crippen molar-refractivity contribution in [3.63, 3.8) is 0 Å². The molecule has 21 heavy (non-hydrogen) atoms. The number of benzene rings is 1. The molecule has 1 fully saturated rings. The first-order valence-electron chi connectivity index (χ1n) is 6.84. The van der Waals surface area contributed by atoms with E-state index < -0.39 is 26.7 Å². The van der Waals surface area contributed by atoms with Crippen LogP contribution in [0.15, 0.2) is 18.2 Å². The maximum Gasteiger partial charge on any atom is 0.239 e. The third-order valence-corrected chi connectivity index (χ3v) is 5.73. The minimum Gasteiger partial charge on any atom is -0.397 e. The topological polar surface area (TPSA) is 98.5 Å². The molecule has 0 spiro atoms. The molecule has 0 saturated carbocycles. The van der Waals surface area contributed by atoms with Crippen molar-refractivity contribution in [1.82, 2.24) is 0 Å². The third kappa shape index (κ3) is 3.95. The molecule has 0 radical (unpaired) electrons. The normalized spacial score (nSPS) is 16.6. The van der Waals surface area contributed by atoms with Crippen LogP contribution in [0.1, 0.15) is 18.4 Å². The molecule has 3 N–H and O–H groups in total. The highest BCUT2D eigenvalue weighted by Gasteiger charge is 2.30. The average Bonchev–Trinajstić information content (AvgIpc) is 2.43. The average molecular weight is 312 g/mol. The minimum atomic E-state index is -3.46. The van der Waals surface area contributed by atoms with Crippen LogP contribution < -0.4 is 11.1 Å². The number of nitrogen functional groups attached to an aromatic ring is 1. The summed E-state index contributed by atoms with van der Waals surface area (Å²) in [5.74, 6) is -1.08. The summed E-state index contributed by atoms with van der Waals surface area (Å²) in [6.07, 6.45) is 0.893. The Morgan fingerprint density at radius 3 is 2.67 bits per heavy atom. The van der Waals surface area contributed by atoms with Gasteiger partial charge >= 0.3 is 0 Å². The van der Waals surface area contributed by atoms with Crippen molar-refractivity contribution in [2.45, 2.75) is 25.0 Å². The van der Waals surface area contributed by atoms with Gasteiger partial charge in [0.15, 0.2) is 9.84 Å². The van der Waals surface area contributed by atoms with Crippen molar-refractivity contribution in [3.8, 4) is 0 Å². The van der Waals surface area contributed by atoms with Crippen LogP contribution in [0.2, 0.25) is 0 Å². The number of para-hydroxylation sites is 1. The summed E-state index contributed by atoms with van der Waals surface area (Å²) < 4.78 is 29.6. The fourth-order valence-corrected chi connectivity index (χ4v) is 3.96. The van der Waals surface area contributed by atoms with E-state index in [-0.39, 0.29) is 0 Å². The molecule has 0 bridgehead atoms. The van der Waals surface area contributed by atoms with E-state index in [0.717, 1.165) is 5.56 Å². The Kier molecular flexibility index (Phi) is 4.84. The van der Waals surface area contributed by atoms with E-state index in [1.165, 1.54) is 0 Å². The van der Waals surface area contributed by atoms with Crippen molar-refractivity contribution < 1.29 is 17.9 Å². The number of hydrogen-bond donors (Lipinski definition) is 2. The number of ether oxygens (including phenoxy) is 1. The smallest absolute Gasteiger partial charge is 0.239 e. The van der Waals surface area contributed by atoms with E-state index >= 15 is 0 Å². The lowest BCUT2D eigenvalue weighted by Crippen LogP contribution is -2.35. The lowest BCUT2D eigenvalue weighted by atomic mass is 10.1. The lowest BCUT2D eigenvalue weighted by Gasteiger charge is -2.22. The van der Waals surface area contributed by atoms with E-state index in [1.807, 2.05) is 0 Å². The second-order valence-electron chi connectivity index (χ2n) is 5.21. The molecule has 1 saturated heterocycles. The van der Waals surface area contributed by atoms with Gasteiger partial charge in [-0.25, -0.2) is 8.42 Å². The summed E-state index contributed by atoms with van der Waals surface area (Å²) in [5.41, 5.74) is 7.49. The highest BCUT2D eigenvalue weighted by atomic mass is 32.2. The van der Waals surface area contributed by atoms with Gasteiger partial charge in [-0.1, -0.05) is 12.1 Å². The van der Waals surface area contributed by atoms with Crippen molar-refractivity contribution in [2.24, 2.45) is 0 Å². The van der Waals surface area contributed by atoms with Gasteiger partial charge in [0.1, 0.15) is 5.75 Å². The van der Waals surface area contributed by atoms with Crippen LogP contribution in [0.4, 0.5) is 11.4 Å². The van der Waals surface area contributed by atoms with E-state index in [4.69, 9.17) is 10.5 Å². The molecular formula is C14H20N2O4S. The van der Waals surface area contributed by atoms with Crippen LogP contribution >= 0.6 is 0 Å². The Morgan fingerprint density at radius 2 is 2.05 bits per heavy atom. The quantitative estimate of drug-likeness (QED) is 0.812. The van der Waals surface area contributed by atoms with E-state index in [2.05, 4.69) is 5.32 Å². The number of amides is 1. The number of rotatable bonds is 4. The van der Waals surface area contributed by atoms with Crippen molar-refractivity contribution in [1.29, 1.82) is 0 Å². The Hall–Kier alpha value is -1.60. The lowest BCUT2D eigenvalue weighted by molar-refractivity contribution is -0.113. The first-order chi connectivity index (χ1) is 9.90. The first kappa shape index (κ1) is 15.8. The summed E-state index contributed by atoms with van der Waals surface area (Å²) in [6.45, 7) is 2.66. The van der Waals surface area contributed by atoms with E-state index in [0.29, 0.717) is 37.4 Å². The van der Waals surface area contributed by atoms with E-state index in [9.17, 15) is 13.2 Å². The zero-order chi connectivity index (χ0) is 15.5. The molecule has 2 rings (SSSR count). The van der Waals surface area contributed by atoms with Crippen LogP contribution in [0.25, 0.3) is 0 Å². The van der Waals surface area contributed by atoms with Gasteiger partial charge in [-0.3, -0.25) is 4.79 Å². The van der Waals surface area contributed by atoms with Crippen molar-refractivity contribution in [2.75, 3.05) is 30.0 Å². The van der Waals surface area contributed by atoms with Crippen LogP contribution in [0, 0.1) is 6.92 Å². The fraction of sp³-hybridized carbons (Fsp3) is 0.500. The predicted molar refractivity (Wildman–Crippen MR) is 81.8 cm³/mol. The van der Waals surface area contributed by atoms with Gasteiger partial charge in [0.2, 0.25) is 5.91 Å². The Labute approximate surface area is 124 Å². The molecule has 1 amide bonds. The Balaban J connectivity index is 2.04. The number of anilines is 2. The molecule has 1 aromatic carbocycles. The summed E-state index contributed by atoms with van der Waals surface area (Å²) >= 11 is 0. The van der Waals surface area contributed by atoms with Crippen LogP contribution in [0.5, 0.6) is 0 Å². The van der Waals surface area contributed by atoms with Gasteiger partial charge in [0.05, 0.1) is 16.6 Å². The Bertz CT molecular complexity index is 602. The molecule has 7 heteroatoms. The molecule has 1 aliphatic rings. The summed E-state index contributed by atoms with van der Waals surface area (Å²) in [4.78, 5) is 12.0. The highest BCUT2D eigenvalue weighted by molar-refractivity contribution is 7.92. The predicted octanol–water partition coefficient (Wildman–Crippen LogP) is 1.11. The van der Waals surface area contributed by atoms with Crippen molar-refractivity contribution >= 4 is 27.1 Å². The number of hydrogen-bond acceptors (Lipinski definition) is 5. The summed E-state index contributed by atoms with van der Waals surface area (Å²) in [5, 5.41) is 2.11. The molecule has 6 nitrogen and oxygen atoms in total. The second-order valence-corrected chi connectivity index (χ2v) is 7.49. The van der Waals surface area contributed by atoms with Gasteiger partial charge < -0.3 is 15.8 Å². The van der Waals surface area contributed by atoms with Crippen molar-refractivity contribution in [3.05, 3.63) is 23.8 Å². The molecule has 116 valence electrons. The van der Waals surface area contributed by atoms with Gasteiger partial charge in [-0.2, -0.15) is 0 Å². The second kappa shape index (κ2) is 6.44. The maximum absolute atomic E-state index is 12.2. The summed E-state index contributed by atoms with van der Waals surface area (Å²) in [6, 6.07) is 5.24. The molecular weight excluding hydrogens is 292 g/mol. The van der Waals surface area contributed by atoms with Crippen LogP contribution in [-0.4, -0.2) is 38.5 Å². The number of carbonyl (C=O) groups excluding carboxylic acids is 1. The molecule has 1 heterocycles.